The summed E-state index contributed by atoms with van der Waals surface area (Å²) < 4.78 is 2.35. The average Bonchev–Trinajstić information content (AvgIpc) is 2.31. The van der Waals surface area contributed by atoms with Gasteiger partial charge in [0.05, 0.1) is 0 Å². The van der Waals surface area contributed by atoms with Gasteiger partial charge in [-0.3, -0.25) is 0 Å². The molecule has 0 spiro atoms. The predicted octanol–water partition coefficient (Wildman–Crippen LogP) is 3.37. The van der Waals surface area contributed by atoms with E-state index in [0.29, 0.717) is 12.0 Å². The number of rotatable bonds is 8. The van der Waals surface area contributed by atoms with Gasteiger partial charge in [-0.05, 0) is 43.0 Å². The minimum atomic E-state index is 0.202. The van der Waals surface area contributed by atoms with Crippen molar-refractivity contribution >= 4 is 24.7 Å². The van der Waals surface area contributed by atoms with E-state index in [0.717, 1.165) is 13.1 Å². The molecule has 3 heteroatoms. The van der Waals surface area contributed by atoms with E-state index in [1.54, 1.807) is 0 Å². The van der Waals surface area contributed by atoms with Gasteiger partial charge >= 0.3 is 0 Å². The molecule has 1 atom stereocenters. The summed E-state index contributed by atoms with van der Waals surface area (Å²) in [6.07, 6.45) is 4.36. The van der Waals surface area contributed by atoms with Gasteiger partial charge in [0.1, 0.15) is 0 Å². The first-order valence-corrected chi connectivity index (χ1v) is 9.89. The lowest BCUT2D eigenvalue weighted by Crippen LogP contribution is -2.37. The summed E-state index contributed by atoms with van der Waals surface area (Å²) in [5.41, 5.74) is 1.41. The molecule has 0 aromatic carbocycles. The van der Waals surface area contributed by atoms with Gasteiger partial charge < -0.3 is 9.80 Å². The average molecular weight is 364 g/mol. The molecule has 0 N–H and O–H groups in total. The van der Waals surface area contributed by atoms with Crippen molar-refractivity contribution < 1.29 is 0 Å². The maximum absolute atomic E-state index is 3.94. The van der Waals surface area contributed by atoms with Crippen LogP contribution >= 0.6 is 20.7 Å². The highest BCUT2D eigenvalue weighted by atomic mass is 127. The molecule has 0 rings (SSSR count). The molecule has 0 aliphatic rings. The third-order valence-electron chi connectivity index (χ3n) is 2.92. The Hall–Kier alpha value is -0.160. The number of hydrogen-bond acceptors (Lipinski definition) is 2. The van der Waals surface area contributed by atoms with Gasteiger partial charge in [0.2, 0.25) is 0 Å². The number of alkyl halides is 1. The van der Waals surface area contributed by atoms with Crippen molar-refractivity contribution in [3.05, 3.63) is 24.4 Å². The van der Waals surface area contributed by atoms with Crippen molar-refractivity contribution in [2.24, 2.45) is 5.92 Å². The first-order chi connectivity index (χ1) is 8.43. The second kappa shape index (κ2) is 9.73. The normalized spacial score (nSPS) is 15.0. The summed E-state index contributed by atoms with van der Waals surface area (Å²) in [4.78, 5) is 7.02. The third-order valence-corrected chi connectivity index (χ3v) is 4.00. The third kappa shape index (κ3) is 6.69. The molecule has 0 aliphatic heterocycles. The summed E-state index contributed by atoms with van der Waals surface area (Å²) in [6, 6.07) is 0.530. The van der Waals surface area contributed by atoms with Gasteiger partial charge in [0, 0.05) is 30.7 Å². The van der Waals surface area contributed by atoms with E-state index in [1.165, 1.54) is 5.70 Å². The van der Waals surface area contributed by atoms with Crippen LogP contribution in [0.3, 0.4) is 0 Å². The lowest BCUT2D eigenvalue weighted by Gasteiger charge is -2.34. The molecule has 0 saturated heterocycles. The van der Waals surface area contributed by atoms with Crippen LogP contribution in [0.1, 0.15) is 20.8 Å². The van der Waals surface area contributed by atoms with Gasteiger partial charge in [-0.15, -0.1) is 27.3 Å². The molecule has 0 heterocycles. The number of hydrogen-bond donors (Lipinski definition) is 0. The molecule has 2 nitrogen and oxygen atoms in total. The van der Waals surface area contributed by atoms with Crippen LogP contribution in [-0.4, -0.2) is 52.0 Å². The second-order valence-corrected chi connectivity index (χ2v) is 7.02. The molecule has 0 unspecified atom stereocenters. The quantitative estimate of drug-likeness (QED) is 0.370. The van der Waals surface area contributed by atoms with E-state index in [-0.39, 0.29) is 20.7 Å². The van der Waals surface area contributed by atoms with Crippen molar-refractivity contribution in [1.82, 2.24) is 9.80 Å². The molecule has 0 fully saturated rings. The Morgan fingerprint density at radius 1 is 1.22 bits per heavy atom. The molecular formula is C15H29IN2. The Morgan fingerprint density at radius 3 is 2.22 bits per heavy atom. The maximum atomic E-state index is 3.94. The fourth-order valence-corrected chi connectivity index (χ4v) is 2.48. The Labute approximate surface area is 123 Å². The summed E-state index contributed by atoms with van der Waals surface area (Å²) in [5.74, 6) is 0.418. The van der Waals surface area contributed by atoms with Crippen LogP contribution in [0.5, 0.6) is 0 Å². The van der Waals surface area contributed by atoms with Gasteiger partial charge in [0.25, 0.3) is 0 Å². The zero-order valence-electron chi connectivity index (χ0n) is 12.8. The SMILES string of the molecule is C=C[C@H](C)/C(=C\C=IC)N(CCN(C)C)C(C)C. The highest BCUT2D eigenvalue weighted by Crippen LogP contribution is 2.19. The van der Waals surface area contributed by atoms with Crippen LogP contribution in [0.2, 0.25) is 0 Å². The van der Waals surface area contributed by atoms with Crippen molar-refractivity contribution in [2.45, 2.75) is 26.8 Å². The Morgan fingerprint density at radius 2 is 1.83 bits per heavy atom. The Bertz CT molecular complexity index is 293. The fraction of sp³-hybridized carbons (Fsp3) is 0.667. The molecular weight excluding hydrogens is 335 g/mol. The molecule has 106 valence electrons. The zero-order chi connectivity index (χ0) is 14.1. The number of allylic oxidation sites excluding steroid dienone is 2. The largest absolute Gasteiger partial charge is 0.371 e. The topological polar surface area (TPSA) is 6.48 Å². The smallest absolute Gasteiger partial charge is 0.0305 e. The molecule has 0 amide bonds. The van der Waals surface area contributed by atoms with E-state index in [4.69, 9.17) is 0 Å². The summed E-state index contributed by atoms with van der Waals surface area (Å²) >= 11 is 0.202. The van der Waals surface area contributed by atoms with E-state index in [2.05, 4.69) is 66.3 Å². The Balaban J connectivity index is 5.03. The zero-order valence-corrected chi connectivity index (χ0v) is 14.9. The number of nitrogens with zero attached hydrogens (tertiary/aromatic N) is 2. The van der Waals surface area contributed by atoms with Crippen molar-refractivity contribution in [1.29, 1.82) is 0 Å². The van der Waals surface area contributed by atoms with Crippen LogP contribution in [-0.2, 0) is 0 Å². The molecule has 0 radical (unpaired) electrons. The van der Waals surface area contributed by atoms with Crippen molar-refractivity contribution in [2.75, 3.05) is 32.1 Å². The number of likely N-dealkylation sites (N-methyl/N-ethyl adjacent to an activating group) is 1. The van der Waals surface area contributed by atoms with Crippen LogP contribution in [0, 0.1) is 5.92 Å². The first kappa shape index (κ1) is 17.8. The van der Waals surface area contributed by atoms with Crippen LogP contribution in [0.15, 0.2) is 24.4 Å². The standard InChI is InChI=1S/C15H29IN2/c1-8-14(4)15(9-10-16-5)18(13(2)3)12-11-17(6)7/h8-10,13-14H,1,11-12H2,2-7H3/b15-9+/t14-/m0/s1. The van der Waals surface area contributed by atoms with Gasteiger partial charge in [-0.2, -0.15) is 0 Å². The molecule has 0 aromatic heterocycles. The first-order valence-electron chi connectivity index (χ1n) is 6.49. The minimum absolute atomic E-state index is 0.202. The summed E-state index contributed by atoms with van der Waals surface area (Å²) in [7, 11) is 4.25. The van der Waals surface area contributed by atoms with E-state index >= 15 is 0 Å². The second-order valence-electron chi connectivity index (χ2n) is 5.05. The van der Waals surface area contributed by atoms with E-state index < -0.39 is 0 Å². The monoisotopic (exact) mass is 364 g/mol. The minimum Gasteiger partial charge on any atom is -0.371 e. The lowest BCUT2D eigenvalue weighted by molar-refractivity contribution is 0.235. The van der Waals surface area contributed by atoms with Gasteiger partial charge in [-0.25, -0.2) is 0 Å². The molecule has 18 heavy (non-hydrogen) atoms. The fourth-order valence-electron chi connectivity index (χ4n) is 1.75. The van der Waals surface area contributed by atoms with E-state index in [9.17, 15) is 0 Å². The Kier molecular flexibility index (Phi) is 9.64. The van der Waals surface area contributed by atoms with E-state index in [1.807, 2.05) is 6.08 Å². The highest BCUT2D eigenvalue weighted by molar-refractivity contribution is 14.2. The summed E-state index contributed by atoms with van der Waals surface area (Å²) in [6.45, 7) is 12.9. The maximum Gasteiger partial charge on any atom is 0.0305 e. The van der Waals surface area contributed by atoms with Crippen molar-refractivity contribution in [3.8, 4) is 0 Å². The van der Waals surface area contributed by atoms with Crippen LogP contribution in [0.25, 0.3) is 0 Å². The predicted molar refractivity (Wildman–Crippen MR) is 93.8 cm³/mol. The van der Waals surface area contributed by atoms with Crippen LogP contribution in [0.4, 0.5) is 0 Å². The lowest BCUT2D eigenvalue weighted by atomic mass is 10.0. The van der Waals surface area contributed by atoms with Crippen molar-refractivity contribution in [3.63, 3.8) is 0 Å². The summed E-state index contributed by atoms with van der Waals surface area (Å²) in [5, 5.41) is 0. The molecule has 0 aliphatic carbocycles. The molecule has 0 aromatic rings. The molecule has 0 bridgehead atoms. The van der Waals surface area contributed by atoms with Crippen LogP contribution < -0.4 is 0 Å². The van der Waals surface area contributed by atoms with Gasteiger partial charge in [-0.1, -0.05) is 13.0 Å². The highest BCUT2D eigenvalue weighted by Gasteiger charge is 2.16. The van der Waals surface area contributed by atoms with Gasteiger partial charge in [0.15, 0.2) is 0 Å². The number of halogens is 1. The molecule has 0 saturated carbocycles.